The van der Waals surface area contributed by atoms with Gasteiger partial charge in [0.15, 0.2) is 0 Å². The van der Waals surface area contributed by atoms with Crippen molar-refractivity contribution in [3.8, 4) is 10.6 Å². The van der Waals surface area contributed by atoms with Crippen LogP contribution in [0.2, 0.25) is 0 Å². The highest BCUT2D eigenvalue weighted by molar-refractivity contribution is 7.15. The van der Waals surface area contributed by atoms with E-state index in [1.165, 1.54) is 23.8 Å². The van der Waals surface area contributed by atoms with Gasteiger partial charge in [0.2, 0.25) is 0 Å². The second kappa shape index (κ2) is 5.02. The summed E-state index contributed by atoms with van der Waals surface area (Å²) in [6, 6.07) is 5.85. The molecule has 3 rings (SSSR count). The molecule has 1 N–H and O–H groups in total. The van der Waals surface area contributed by atoms with Crippen molar-refractivity contribution in [2.45, 2.75) is 39.3 Å². The molecule has 1 heterocycles. The maximum absolute atomic E-state index is 13.9. The molecule has 1 saturated carbocycles. The fraction of sp³-hybridized carbons (Fsp3) is 0.400. The number of aryl methyl sites for hydroxylation is 2. The molecular weight excluding hydrogens is 259 g/mol. The van der Waals surface area contributed by atoms with E-state index in [0.29, 0.717) is 11.6 Å². The van der Waals surface area contributed by atoms with E-state index in [4.69, 9.17) is 0 Å². The van der Waals surface area contributed by atoms with Gasteiger partial charge in [0, 0.05) is 23.0 Å². The first-order valence-electron chi connectivity index (χ1n) is 6.59. The van der Waals surface area contributed by atoms with Gasteiger partial charge in [-0.05, 0) is 38.8 Å². The van der Waals surface area contributed by atoms with E-state index in [1.807, 2.05) is 19.9 Å². The first kappa shape index (κ1) is 12.8. The molecule has 2 aromatic rings. The normalized spacial score (nSPS) is 14.9. The molecule has 1 aromatic carbocycles. The lowest BCUT2D eigenvalue weighted by Crippen LogP contribution is -2.14. The van der Waals surface area contributed by atoms with Gasteiger partial charge in [0.05, 0.1) is 5.69 Å². The van der Waals surface area contributed by atoms with E-state index in [-0.39, 0.29) is 5.82 Å². The standard InChI is InChI=1S/C15H17FN2S/c1-9-3-6-13(16)12(7-9)15-18-10(2)14(19-15)8-17-11-4-5-11/h3,6-7,11,17H,4-5,8H2,1-2H3. The molecule has 0 amide bonds. The minimum atomic E-state index is -0.193. The topological polar surface area (TPSA) is 24.9 Å². The van der Waals surface area contributed by atoms with Gasteiger partial charge in [-0.25, -0.2) is 9.37 Å². The van der Waals surface area contributed by atoms with Gasteiger partial charge in [0.1, 0.15) is 10.8 Å². The second-order valence-electron chi connectivity index (χ2n) is 5.17. The zero-order valence-electron chi connectivity index (χ0n) is 11.2. The zero-order chi connectivity index (χ0) is 13.4. The molecule has 0 aliphatic heterocycles. The molecule has 0 atom stereocenters. The molecule has 1 aliphatic carbocycles. The molecule has 1 aromatic heterocycles. The summed E-state index contributed by atoms with van der Waals surface area (Å²) in [4.78, 5) is 5.73. The number of aromatic nitrogens is 1. The van der Waals surface area contributed by atoms with Crippen LogP contribution in [0.25, 0.3) is 10.6 Å². The van der Waals surface area contributed by atoms with Gasteiger partial charge in [-0.1, -0.05) is 11.6 Å². The van der Waals surface area contributed by atoms with Crippen molar-refractivity contribution in [3.63, 3.8) is 0 Å². The van der Waals surface area contributed by atoms with Crippen molar-refractivity contribution in [2.75, 3.05) is 0 Å². The van der Waals surface area contributed by atoms with Crippen LogP contribution in [0.15, 0.2) is 18.2 Å². The lowest BCUT2D eigenvalue weighted by Gasteiger charge is -2.00. The molecular formula is C15H17FN2S. The third-order valence-electron chi connectivity index (χ3n) is 3.37. The van der Waals surface area contributed by atoms with Crippen LogP contribution in [0.1, 0.15) is 29.0 Å². The SMILES string of the molecule is Cc1ccc(F)c(-c2nc(C)c(CNC3CC3)s2)c1. The summed E-state index contributed by atoms with van der Waals surface area (Å²) >= 11 is 1.59. The fourth-order valence-corrected chi connectivity index (χ4v) is 3.07. The van der Waals surface area contributed by atoms with Crippen LogP contribution in [-0.4, -0.2) is 11.0 Å². The van der Waals surface area contributed by atoms with E-state index in [0.717, 1.165) is 22.8 Å². The average molecular weight is 276 g/mol. The van der Waals surface area contributed by atoms with Crippen LogP contribution in [-0.2, 0) is 6.54 Å². The predicted octanol–water partition coefficient (Wildman–Crippen LogP) is 3.82. The number of halogens is 1. The van der Waals surface area contributed by atoms with Gasteiger partial charge in [-0.15, -0.1) is 11.3 Å². The highest BCUT2D eigenvalue weighted by Crippen LogP contribution is 2.31. The largest absolute Gasteiger partial charge is 0.309 e. The third-order valence-corrected chi connectivity index (χ3v) is 4.56. The molecule has 2 nitrogen and oxygen atoms in total. The second-order valence-corrected chi connectivity index (χ2v) is 6.25. The van der Waals surface area contributed by atoms with E-state index >= 15 is 0 Å². The van der Waals surface area contributed by atoms with Gasteiger partial charge >= 0.3 is 0 Å². The summed E-state index contributed by atoms with van der Waals surface area (Å²) in [5, 5.41) is 4.26. The Hall–Kier alpha value is -1.26. The Balaban J connectivity index is 1.87. The third kappa shape index (κ3) is 2.85. The van der Waals surface area contributed by atoms with E-state index in [2.05, 4.69) is 10.3 Å². The van der Waals surface area contributed by atoms with Gasteiger partial charge in [0.25, 0.3) is 0 Å². The highest BCUT2D eigenvalue weighted by Gasteiger charge is 2.21. The summed E-state index contributed by atoms with van der Waals surface area (Å²) < 4.78 is 13.9. The predicted molar refractivity (Wildman–Crippen MR) is 76.8 cm³/mol. The first-order chi connectivity index (χ1) is 9.13. The molecule has 1 fully saturated rings. The average Bonchev–Trinajstić information content (AvgIpc) is 3.14. The molecule has 100 valence electrons. The van der Waals surface area contributed by atoms with E-state index in [1.54, 1.807) is 17.4 Å². The Bertz CT molecular complexity index is 602. The minimum absolute atomic E-state index is 0.193. The molecule has 0 bridgehead atoms. The van der Waals surface area contributed by atoms with E-state index < -0.39 is 0 Å². The van der Waals surface area contributed by atoms with Crippen LogP contribution < -0.4 is 5.32 Å². The molecule has 19 heavy (non-hydrogen) atoms. The maximum atomic E-state index is 13.9. The van der Waals surface area contributed by atoms with Gasteiger partial charge in [-0.3, -0.25) is 0 Å². The number of hydrogen-bond donors (Lipinski definition) is 1. The Morgan fingerprint density at radius 1 is 1.37 bits per heavy atom. The number of thiazole rings is 1. The van der Waals surface area contributed by atoms with Gasteiger partial charge in [-0.2, -0.15) is 0 Å². The number of hydrogen-bond acceptors (Lipinski definition) is 3. The van der Waals surface area contributed by atoms with Crippen LogP contribution >= 0.6 is 11.3 Å². The summed E-state index contributed by atoms with van der Waals surface area (Å²) in [6.07, 6.45) is 2.55. The van der Waals surface area contributed by atoms with Crippen molar-refractivity contribution in [1.29, 1.82) is 0 Å². The van der Waals surface area contributed by atoms with Crippen molar-refractivity contribution in [2.24, 2.45) is 0 Å². The Labute approximate surface area is 116 Å². The summed E-state index contributed by atoms with van der Waals surface area (Å²) in [5.41, 5.74) is 2.68. The highest BCUT2D eigenvalue weighted by atomic mass is 32.1. The quantitative estimate of drug-likeness (QED) is 0.918. The minimum Gasteiger partial charge on any atom is -0.309 e. The molecule has 0 radical (unpaired) electrons. The van der Waals surface area contributed by atoms with Crippen molar-refractivity contribution in [1.82, 2.24) is 10.3 Å². The molecule has 0 spiro atoms. The number of nitrogens with zero attached hydrogens (tertiary/aromatic N) is 1. The summed E-state index contributed by atoms with van der Waals surface area (Å²) in [7, 11) is 0. The number of nitrogens with one attached hydrogen (secondary N) is 1. The van der Waals surface area contributed by atoms with Crippen LogP contribution in [0, 0.1) is 19.7 Å². The fourth-order valence-electron chi connectivity index (χ4n) is 2.03. The zero-order valence-corrected chi connectivity index (χ0v) is 12.0. The molecule has 0 saturated heterocycles. The number of benzene rings is 1. The molecule has 1 aliphatic rings. The van der Waals surface area contributed by atoms with Crippen molar-refractivity contribution >= 4 is 11.3 Å². The first-order valence-corrected chi connectivity index (χ1v) is 7.41. The Morgan fingerprint density at radius 2 is 2.16 bits per heavy atom. The van der Waals surface area contributed by atoms with Crippen LogP contribution in [0.3, 0.4) is 0 Å². The number of rotatable bonds is 4. The smallest absolute Gasteiger partial charge is 0.133 e. The molecule has 4 heteroatoms. The van der Waals surface area contributed by atoms with Crippen molar-refractivity contribution in [3.05, 3.63) is 40.2 Å². The maximum Gasteiger partial charge on any atom is 0.133 e. The van der Waals surface area contributed by atoms with E-state index in [9.17, 15) is 4.39 Å². The van der Waals surface area contributed by atoms with Gasteiger partial charge < -0.3 is 5.32 Å². The van der Waals surface area contributed by atoms with Crippen LogP contribution in [0.4, 0.5) is 4.39 Å². The van der Waals surface area contributed by atoms with Crippen molar-refractivity contribution < 1.29 is 4.39 Å². The monoisotopic (exact) mass is 276 g/mol. The lowest BCUT2D eigenvalue weighted by atomic mass is 10.1. The van der Waals surface area contributed by atoms with Crippen LogP contribution in [0.5, 0.6) is 0 Å². The summed E-state index contributed by atoms with van der Waals surface area (Å²) in [6.45, 7) is 4.82. The Kier molecular flexibility index (Phi) is 3.37. The lowest BCUT2D eigenvalue weighted by molar-refractivity contribution is 0.630. The Morgan fingerprint density at radius 3 is 2.89 bits per heavy atom. The summed E-state index contributed by atoms with van der Waals surface area (Å²) in [5.74, 6) is -0.193. The molecule has 0 unspecified atom stereocenters.